The summed E-state index contributed by atoms with van der Waals surface area (Å²) in [4.78, 5) is 18.7. The Morgan fingerprint density at radius 2 is 2.15 bits per heavy atom. The van der Waals surface area contributed by atoms with E-state index in [1.807, 2.05) is 36.1 Å². The van der Waals surface area contributed by atoms with Gasteiger partial charge in [0.1, 0.15) is 5.75 Å². The van der Waals surface area contributed by atoms with E-state index < -0.39 is 0 Å². The molecule has 0 saturated carbocycles. The van der Waals surface area contributed by atoms with Crippen LogP contribution < -0.4 is 4.74 Å². The number of carbonyl (C=O) groups is 1. The summed E-state index contributed by atoms with van der Waals surface area (Å²) >= 11 is 3.25. The number of benzene rings is 1. The first-order valence-corrected chi connectivity index (χ1v) is 9.51. The summed E-state index contributed by atoms with van der Waals surface area (Å²) in [7, 11) is 0. The van der Waals surface area contributed by atoms with Gasteiger partial charge in [0.05, 0.1) is 6.61 Å². The van der Waals surface area contributed by atoms with Crippen molar-refractivity contribution in [2.24, 2.45) is 0 Å². The number of nitrogens with zero attached hydrogens (tertiary/aromatic N) is 3. The predicted molar refractivity (Wildman–Crippen MR) is 100 cm³/mol. The van der Waals surface area contributed by atoms with Crippen LogP contribution in [0.1, 0.15) is 30.7 Å². The molecule has 0 radical (unpaired) electrons. The molecule has 1 aliphatic rings. The fourth-order valence-electron chi connectivity index (χ4n) is 3.16. The van der Waals surface area contributed by atoms with Gasteiger partial charge in [-0.15, -0.1) is 0 Å². The van der Waals surface area contributed by atoms with E-state index >= 15 is 0 Å². The minimum atomic E-state index is -0.104. The Kier molecular flexibility index (Phi) is 4.98. The summed E-state index contributed by atoms with van der Waals surface area (Å²) in [6, 6.07) is 11.3. The number of hydrogen-bond acceptors (Lipinski definition) is 6. The van der Waals surface area contributed by atoms with E-state index in [1.54, 1.807) is 12.1 Å². The van der Waals surface area contributed by atoms with Gasteiger partial charge in [0.2, 0.25) is 5.91 Å². The third-order valence-corrected chi connectivity index (χ3v) is 4.87. The van der Waals surface area contributed by atoms with E-state index in [1.165, 1.54) is 0 Å². The van der Waals surface area contributed by atoms with Crippen LogP contribution in [0.4, 0.5) is 0 Å². The van der Waals surface area contributed by atoms with Crippen molar-refractivity contribution in [2.75, 3.05) is 13.2 Å². The van der Waals surface area contributed by atoms with Gasteiger partial charge in [0.15, 0.2) is 16.3 Å². The van der Waals surface area contributed by atoms with Crippen molar-refractivity contribution in [3.05, 3.63) is 52.5 Å². The molecule has 0 bridgehead atoms. The molecule has 1 fully saturated rings. The van der Waals surface area contributed by atoms with Gasteiger partial charge in [-0.3, -0.25) is 4.79 Å². The molecule has 1 atom stereocenters. The van der Waals surface area contributed by atoms with Crippen LogP contribution in [0.2, 0.25) is 0 Å². The van der Waals surface area contributed by atoms with Crippen LogP contribution in [0.15, 0.2) is 50.0 Å². The van der Waals surface area contributed by atoms with Gasteiger partial charge in [-0.25, -0.2) is 0 Å². The summed E-state index contributed by atoms with van der Waals surface area (Å²) in [5.41, 5.74) is 0.989. The summed E-state index contributed by atoms with van der Waals surface area (Å²) in [5.74, 6) is 2.09. The highest BCUT2D eigenvalue weighted by molar-refractivity contribution is 9.10. The molecule has 3 aromatic rings. The van der Waals surface area contributed by atoms with Crippen LogP contribution in [-0.2, 0) is 11.3 Å². The van der Waals surface area contributed by atoms with Crippen molar-refractivity contribution < 1.29 is 18.5 Å². The number of furan rings is 1. The van der Waals surface area contributed by atoms with Crippen molar-refractivity contribution in [3.63, 3.8) is 0 Å². The smallest absolute Gasteiger partial charge is 0.293 e. The number of carbonyl (C=O) groups excluding carboxylic acids is 1. The van der Waals surface area contributed by atoms with Gasteiger partial charge < -0.3 is 18.6 Å². The molecule has 0 aliphatic carbocycles. The van der Waals surface area contributed by atoms with Gasteiger partial charge in [-0.2, -0.15) is 4.98 Å². The van der Waals surface area contributed by atoms with Crippen LogP contribution in [0.3, 0.4) is 0 Å². The van der Waals surface area contributed by atoms with E-state index in [0.717, 1.165) is 11.3 Å². The lowest BCUT2D eigenvalue weighted by Crippen LogP contribution is -2.24. The number of rotatable bonds is 6. The van der Waals surface area contributed by atoms with Gasteiger partial charge in [0.25, 0.3) is 5.89 Å². The lowest BCUT2D eigenvalue weighted by molar-refractivity contribution is -0.128. The Balaban J connectivity index is 1.47. The summed E-state index contributed by atoms with van der Waals surface area (Å²) in [6.45, 7) is 3.57. The minimum absolute atomic E-state index is 0.0680. The quantitative estimate of drug-likeness (QED) is 0.586. The van der Waals surface area contributed by atoms with Crippen LogP contribution in [0, 0.1) is 0 Å². The van der Waals surface area contributed by atoms with Crippen molar-refractivity contribution in [3.8, 4) is 17.4 Å². The van der Waals surface area contributed by atoms with Gasteiger partial charge in [-0.05, 0) is 41.1 Å². The van der Waals surface area contributed by atoms with Crippen LogP contribution in [0.5, 0.6) is 5.75 Å². The van der Waals surface area contributed by atoms with Crippen LogP contribution in [-0.4, -0.2) is 34.1 Å². The third-order valence-electron chi connectivity index (χ3n) is 4.44. The van der Waals surface area contributed by atoms with Gasteiger partial charge in [-0.1, -0.05) is 23.4 Å². The molecule has 1 amide bonds. The number of para-hydroxylation sites is 1. The molecule has 4 rings (SSSR count). The summed E-state index contributed by atoms with van der Waals surface area (Å²) in [6.07, 6.45) is 0.359. The number of aromatic nitrogens is 2. The third kappa shape index (κ3) is 3.75. The normalized spacial score (nSPS) is 16.9. The van der Waals surface area contributed by atoms with Crippen molar-refractivity contribution in [1.29, 1.82) is 0 Å². The number of halogens is 1. The highest BCUT2D eigenvalue weighted by atomic mass is 79.9. The lowest BCUT2D eigenvalue weighted by atomic mass is 10.1. The second kappa shape index (κ2) is 7.56. The van der Waals surface area contributed by atoms with E-state index in [-0.39, 0.29) is 11.8 Å². The largest absolute Gasteiger partial charge is 0.494 e. The minimum Gasteiger partial charge on any atom is -0.494 e. The van der Waals surface area contributed by atoms with E-state index in [9.17, 15) is 4.79 Å². The Morgan fingerprint density at radius 1 is 1.30 bits per heavy atom. The average Bonchev–Trinajstić information content (AvgIpc) is 3.37. The fourth-order valence-corrected chi connectivity index (χ4v) is 3.47. The van der Waals surface area contributed by atoms with E-state index in [4.69, 9.17) is 13.7 Å². The van der Waals surface area contributed by atoms with Crippen molar-refractivity contribution in [2.45, 2.75) is 25.8 Å². The topological polar surface area (TPSA) is 81.6 Å². The molecule has 2 aromatic heterocycles. The molecule has 1 aliphatic heterocycles. The Morgan fingerprint density at radius 3 is 2.93 bits per heavy atom. The molecule has 140 valence electrons. The van der Waals surface area contributed by atoms with E-state index in [0.29, 0.717) is 48.3 Å². The van der Waals surface area contributed by atoms with Crippen LogP contribution >= 0.6 is 15.9 Å². The summed E-state index contributed by atoms with van der Waals surface area (Å²) in [5, 5.41) is 4.04. The highest BCUT2D eigenvalue weighted by Crippen LogP contribution is 2.31. The molecule has 1 aromatic carbocycles. The molecular formula is C19H18BrN3O4. The predicted octanol–water partition coefficient (Wildman–Crippen LogP) is 4.01. The highest BCUT2D eigenvalue weighted by Gasteiger charge is 2.34. The molecule has 1 unspecified atom stereocenters. The molecule has 8 heteroatoms. The zero-order valence-electron chi connectivity index (χ0n) is 14.7. The lowest BCUT2D eigenvalue weighted by Gasteiger charge is -2.18. The van der Waals surface area contributed by atoms with Crippen molar-refractivity contribution >= 4 is 21.8 Å². The maximum atomic E-state index is 12.5. The molecular weight excluding hydrogens is 414 g/mol. The molecule has 0 N–H and O–H groups in total. The maximum Gasteiger partial charge on any atom is 0.293 e. The molecule has 7 nitrogen and oxygen atoms in total. The fraction of sp³-hybridized carbons (Fsp3) is 0.316. The molecule has 3 heterocycles. The summed E-state index contributed by atoms with van der Waals surface area (Å²) < 4.78 is 17.0. The van der Waals surface area contributed by atoms with Gasteiger partial charge >= 0.3 is 0 Å². The second-order valence-electron chi connectivity index (χ2n) is 6.28. The Hall–Kier alpha value is -2.61. The first kappa shape index (κ1) is 17.8. The first-order valence-electron chi connectivity index (χ1n) is 8.72. The molecule has 27 heavy (non-hydrogen) atoms. The van der Waals surface area contributed by atoms with Crippen molar-refractivity contribution in [1.82, 2.24) is 15.0 Å². The number of likely N-dealkylation sites (tertiary alicyclic amines) is 1. The van der Waals surface area contributed by atoms with E-state index in [2.05, 4.69) is 26.1 Å². The number of amides is 1. The number of hydrogen-bond donors (Lipinski definition) is 0. The molecule has 0 spiro atoms. The standard InChI is InChI=1S/C19H18BrN3O4/c1-2-25-14-6-4-3-5-12(14)10-23-11-13(9-17(23)24)18-21-19(27-22-18)15-7-8-16(20)26-15/h3-8,13H,2,9-11H2,1H3. The molecule has 1 saturated heterocycles. The zero-order valence-corrected chi connectivity index (χ0v) is 16.3. The zero-order chi connectivity index (χ0) is 18.8. The second-order valence-corrected chi connectivity index (χ2v) is 7.06. The Labute approximate surface area is 164 Å². The van der Waals surface area contributed by atoms with Gasteiger partial charge in [0, 0.05) is 31.0 Å². The number of ether oxygens (including phenoxy) is 1. The monoisotopic (exact) mass is 431 g/mol. The van der Waals surface area contributed by atoms with Crippen LogP contribution in [0.25, 0.3) is 11.7 Å². The average molecular weight is 432 g/mol. The maximum absolute atomic E-state index is 12.5. The Bertz CT molecular complexity index is 952. The SMILES string of the molecule is CCOc1ccccc1CN1CC(c2noc(-c3ccc(Br)o3)n2)CC1=O. The first-order chi connectivity index (χ1) is 13.1.